The van der Waals surface area contributed by atoms with Crippen LogP contribution in [-0.2, 0) is 14.6 Å². The second-order valence-electron chi connectivity index (χ2n) is 6.85. The van der Waals surface area contributed by atoms with Gasteiger partial charge in [-0.2, -0.15) is 0 Å². The fourth-order valence-corrected chi connectivity index (χ4v) is 5.37. The van der Waals surface area contributed by atoms with E-state index in [1.165, 1.54) is 0 Å². The molecular weight excluding hydrogens is 388 g/mol. The van der Waals surface area contributed by atoms with Crippen LogP contribution in [0.3, 0.4) is 0 Å². The normalized spacial score (nSPS) is 19.7. The molecule has 1 aromatic heterocycles. The second kappa shape index (κ2) is 8.02. The molecule has 0 saturated carbocycles. The predicted molar refractivity (Wildman–Crippen MR) is 106 cm³/mol. The van der Waals surface area contributed by atoms with E-state index in [0.717, 1.165) is 11.8 Å². The highest BCUT2D eigenvalue weighted by atomic mass is 35.5. The van der Waals surface area contributed by atoms with Crippen LogP contribution in [0.15, 0.2) is 30.5 Å². The second-order valence-corrected chi connectivity index (χ2v) is 9.48. The molecule has 8 heteroatoms. The number of hydrogen-bond donors (Lipinski definition) is 0. The number of aromatic nitrogens is 1. The standard InChI is InChI=1S/C19H23ClN2O4S/c1-3-13(2)22(14-8-10-27(24,25)12-14)18(23)11-26-17-7-6-16(20)15-5-4-9-21-19(15)17/h4-7,9,13-14H,3,8,10-12H2,1-2H3/t13-,14-/m1/s1. The minimum Gasteiger partial charge on any atom is -0.481 e. The van der Waals surface area contributed by atoms with Gasteiger partial charge in [-0.05, 0) is 44.0 Å². The molecule has 0 N–H and O–H groups in total. The molecule has 2 aromatic rings. The molecule has 0 spiro atoms. The summed E-state index contributed by atoms with van der Waals surface area (Å²) in [5.74, 6) is 0.413. The van der Waals surface area contributed by atoms with E-state index >= 15 is 0 Å². The van der Waals surface area contributed by atoms with E-state index < -0.39 is 9.84 Å². The van der Waals surface area contributed by atoms with Crippen LogP contribution in [0.4, 0.5) is 0 Å². The lowest BCUT2D eigenvalue weighted by Gasteiger charge is -2.33. The highest BCUT2D eigenvalue weighted by Gasteiger charge is 2.36. The third-order valence-electron chi connectivity index (χ3n) is 4.99. The highest BCUT2D eigenvalue weighted by molar-refractivity contribution is 7.91. The topological polar surface area (TPSA) is 76.6 Å². The number of hydrogen-bond acceptors (Lipinski definition) is 5. The zero-order valence-electron chi connectivity index (χ0n) is 15.4. The number of nitrogens with zero attached hydrogens (tertiary/aromatic N) is 2. The molecule has 0 unspecified atom stereocenters. The summed E-state index contributed by atoms with van der Waals surface area (Å²) in [5.41, 5.74) is 0.594. The highest BCUT2D eigenvalue weighted by Crippen LogP contribution is 2.30. The summed E-state index contributed by atoms with van der Waals surface area (Å²) in [5, 5.41) is 1.32. The zero-order chi connectivity index (χ0) is 19.6. The smallest absolute Gasteiger partial charge is 0.261 e. The van der Waals surface area contributed by atoms with E-state index in [4.69, 9.17) is 16.3 Å². The van der Waals surface area contributed by atoms with Crippen molar-refractivity contribution in [3.63, 3.8) is 0 Å². The Morgan fingerprint density at radius 3 is 2.85 bits per heavy atom. The van der Waals surface area contributed by atoms with Gasteiger partial charge in [0.05, 0.1) is 16.5 Å². The van der Waals surface area contributed by atoms with Gasteiger partial charge < -0.3 is 9.64 Å². The maximum absolute atomic E-state index is 12.9. The molecule has 1 aliphatic rings. The van der Waals surface area contributed by atoms with E-state index in [2.05, 4.69) is 4.98 Å². The van der Waals surface area contributed by atoms with Crippen LogP contribution < -0.4 is 4.74 Å². The quantitative estimate of drug-likeness (QED) is 0.731. The van der Waals surface area contributed by atoms with Gasteiger partial charge in [0.25, 0.3) is 5.91 Å². The van der Waals surface area contributed by atoms with Crippen molar-refractivity contribution < 1.29 is 17.9 Å². The molecule has 2 atom stereocenters. The van der Waals surface area contributed by atoms with Crippen molar-refractivity contribution in [3.05, 3.63) is 35.5 Å². The van der Waals surface area contributed by atoms with E-state index in [1.807, 2.05) is 19.9 Å². The molecule has 0 bridgehead atoms. The predicted octanol–water partition coefficient (Wildman–Crippen LogP) is 3.08. The monoisotopic (exact) mass is 410 g/mol. The van der Waals surface area contributed by atoms with Gasteiger partial charge in [-0.3, -0.25) is 9.78 Å². The Balaban J connectivity index is 1.78. The minimum atomic E-state index is -3.08. The number of benzene rings is 1. The van der Waals surface area contributed by atoms with Crippen LogP contribution in [0.25, 0.3) is 10.9 Å². The molecular formula is C19H23ClN2O4S. The van der Waals surface area contributed by atoms with Crippen molar-refractivity contribution in [2.45, 2.75) is 38.8 Å². The van der Waals surface area contributed by atoms with Crippen LogP contribution in [-0.4, -0.2) is 54.4 Å². The van der Waals surface area contributed by atoms with Crippen molar-refractivity contribution >= 4 is 38.2 Å². The first-order valence-corrected chi connectivity index (χ1v) is 11.2. The van der Waals surface area contributed by atoms with Crippen LogP contribution in [0, 0.1) is 0 Å². The van der Waals surface area contributed by atoms with Gasteiger partial charge in [0.2, 0.25) is 0 Å². The van der Waals surface area contributed by atoms with Crippen molar-refractivity contribution in [1.29, 1.82) is 0 Å². The van der Waals surface area contributed by atoms with Gasteiger partial charge in [0.15, 0.2) is 16.4 Å². The molecule has 27 heavy (non-hydrogen) atoms. The lowest BCUT2D eigenvalue weighted by Crippen LogP contribution is -2.48. The molecule has 0 radical (unpaired) electrons. The number of rotatable bonds is 6. The SMILES string of the molecule is CC[C@@H](C)N(C(=O)COc1ccc(Cl)c2cccnc12)[C@@H]1CCS(=O)(=O)C1. The molecule has 1 aliphatic heterocycles. The Morgan fingerprint density at radius 2 is 2.19 bits per heavy atom. The van der Waals surface area contributed by atoms with E-state index in [-0.39, 0.29) is 36.1 Å². The van der Waals surface area contributed by atoms with E-state index in [0.29, 0.717) is 22.7 Å². The Hall–Kier alpha value is -1.86. The zero-order valence-corrected chi connectivity index (χ0v) is 17.0. The summed E-state index contributed by atoms with van der Waals surface area (Å²) in [6, 6.07) is 6.68. The number of carbonyl (C=O) groups is 1. The maximum Gasteiger partial charge on any atom is 0.261 e. The summed E-state index contributed by atoms with van der Waals surface area (Å²) < 4.78 is 29.5. The number of pyridine rings is 1. The average Bonchev–Trinajstić information content (AvgIpc) is 3.00. The van der Waals surface area contributed by atoms with Gasteiger partial charge in [0.1, 0.15) is 11.3 Å². The van der Waals surface area contributed by atoms with Gasteiger partial charge in [-0.25, -0.2) is 8.42 Å². The molecule has 146 valence electrons. The van der Waals surface area contributed by atoms with Crippen LogP contribution in [0.5, 0.6) is 5.75 Å². The fraction of sp³-hybridized carbons (Fsp3) is 0.474. The lowest BCUT2D eigenvalue weighted by atomic mass is 10.1. The van der Waals surface area contributed by atoms with Gasteiger partial charge in [-0.15, -0.1) is 0 Å². The summed E-state index contributed by atoms with van der Waals surface area (Å²) >= 11 is 6.19. The van der Waals surface area contributed by atoms with E-state index in [9.17, 15) is 13.2 Å². The Morgan fingerprint density at radius 1 is 1.41 bits per heavy atom. The first kappa shape index (κ1) is 19.9. The van der Waals surface area contributed by atoms with Gasteiger partial charge in [-0.1, -0.05) is 18.5 Å². The number of halogens is 1. The largest absolute Gasteiger partial charge is 0.481 e. The number of carbonyl (C=O) groups excluding carboxylic acids is 1. The number of ether oxygens (including phenoxy) is 1. The van der Waals surface area contributed by atoms with Crippen LogP contribution in [0.1, 0.15) is 26.7 Å². The summed E-state index contributed by atoms with van der Waals surface area (Å²) in [7, 11) is -3.08. The van der Waals surface area contributed by atoms with Gasteiger partial charge in [0, 0.05) is 23.7 Å². The fourth-order valence-electron chi connectivity index (χ4n) is 3.44. The molecule has 3 rings (SSSR count). The summed E-state index contributed by atoms with van der Waals surface area (Å²) in [6.45, 7) is 3.74. The molecule has 2 heterocycles. The molecule has 1 saturated heterocycles. The summed E-state index contributed by atoms with van der Waals surface area (Å²) in [4.78, 5) is 18.9. The molecule has 1 amide bonds. The number of amides is 1. The van der Waals surface area contributed by atoms with Crippen molar-refractivity contribution in [3.8, 4) is 5.75 Å². The van der Waals surface area contributed by atoms with Crippen LogP contribution >= 0.6 is 11.6 Å². The van der Waals surface area contributed by atoms with Crippen molar-refractivity contribution in [2.24, 2.45) is 0 Å². The molecule has 1 aromatic carbocycles. The Bertz CT molecular complexity index is 948. The molecule has 6 nitrogen and oxygen atoms in total. The van der Waals surface area contributed by atoms with Crippen LogP contribution in [0.2, 0.25) is 5.02 Å². The molecule has 0 aliphatic carbocycles. The Kier molecular flexibility index (Phi) is 5.91. The van der Waals surface area contributed by atoms with Crippen molar-refractivity contribution in [1.82, 2.24) is 9.88 Å². The molecule has 1 fully saturated rings. The average molecular weight is 411 g/mol. The van der Waals surface area contributed by atoms with Crippen molar-refractivity contribution in [2.75, 3.05) is 18.1 Å². The maximum atomic E-state index is 12.9. The number of sulfone groups is 1. The first-order valence-electron chi connectivity index (χ1n) is 9.00. The third kappa shape index (κ3) is 4.35. The minimum absolute atomic E-state index is 0.0223. The third-order valence-corrected chi connectivity index (χ3v) is 7.07. The van der Waals surface area contributed by atoms with Gasteiger partial charge >= 0.3 is 0 Å². The number of fused-ring (bicyclic) bond motifs is 1. The van der Waals surface area contributed by atoms with E-state index in [1.54, 1.807) is 29.3 Å². The Labute approximate surface area is 164 Å². The first-order chi connectivity index (χ1) is 12.8. The summed E-state index contributed by atoms with van der Waals surface area (Å²) in [6.07, 6.45) is 2.86. The lowest BCUT2D eigenvalue weighted by molar-refractivity contribution is -0.137.